The Bertz CT molecular complexity index is 1480. The predicted molar refractivity (Wildman–Crippen MR) is 143 cm³/mol. The van der Waals surface area contributed by atoms with Gasteiger partial charge < -0.3 is 20.1 Å². The summed E-state index contributed by atoms with van der Waals surface area (Å²) in [6.45, 7) is 4.09. The summed E-state index contributed by atoms with van der Waals surface area (Å²) < 4.78 is 13.7. The Kier molecular flexibility index (Phi) is 6.83. The molecule has 0 spiro atoms. The van der Waals surface area contributed by atoms with E-state index in [9.17, 15) is 4.79 Å². The number of ether oxygens (including phenoxy) is 2. The number of methoxy groups -OCH3 is 1. The Labute approximate surface area is 219 Å². The van der Waals surface area contributed by atoms with Crippen LogP contribution >= 0.6 is 11.6 Å². The number of anilines is 2. The molecular weight excluding hydrogens is 490 g/mol. The van der Waals surface area contributed by atoms with E-state index in [0.717, 1.165) is 22.4 Å². The fourth-order valence-electron chi connectivity index (χ4n) is 4.37. The van der Waals surface area contributed by atoms with Crippen LogP contribution in [0.15, 0.2) is 84.3 Å². The number of aryl methyl sites for hydroxylation is 1. The minimum absolute atomic E-state index is 0.253. The molecule has 0 aliphatic carbocycles. The van der Waals surface area contributed by atoms with Crippen LogP contribution in [0.1, 0.15) is 29.7 Å². The topological polar surface area (TPSA) is 90.3 Å². The van der Waals surface area contributed by atoms with Crippen molar-refractivity contribution < 1.29 is 14.3 Å². The van der Waals surface area contributed by atoms with Crippen LogP contribution in [0.25, 0.3) is 0 Å². The van der Waals surface area contributed by atoms with E-state index in [1.54, 1.807) is 11.8 Å². The SMILES string of the molecule is COc1cccc([C@@H]2C(C(=O)Nc3ccccc3C)=C(C)Nc3ncnn32)c1OCc1ccc(Cl)cc1. The van der Waals surface area contributed by atoms with E-state index in [-0.39, 0.29) is 12.5 Å². The quantitative estimate of drug-likeness (QED) is 0.325. The van der Waals surface area contributed by atoms with E-state index in [4.69, 9.17) is 21.1 Å². The van der Waals surface area contributed by atoms with Gasteiger partial charge in [0.25, 0.3) is 5.91 Å². The summed E-state index contributed by atoms with van der Waals surface area (Å²) in [5.74, 6) is 1.34. The van der Waals surface area contributed by atoms with Crippen molar-refractivity contribution in [3.05, 3.63) is 106 Å². The highest BCUT2D eigenvalue weighted by Crippen LogP contribution is 2.43. The van der Waals surface area contributed by atoms with Crippen molar-refractivity contribution in [2.75, 3.05) is 17.7 Å². The van der Waals surface area contributed by atoms with E-state index < -0.39 is 6.04 Å². The number of fused-ring (bicyclic) bond motifs is 1. The Hall–Kier alpha value is -4.30. The van der Waals surface area contributed by atoms with Crippen molar-refractivity contribution in [2.45, 2.75) is 26.5 Å². The number of carbonyl (C=O) groups excluding carboxylic acids is 1. The van der Waals surface area contributed by atoms with Crippen molar-refractivity contribution in [3.63, 3.8) is 0 Å². The van der Waals surface area contributed by atoms with Crippen LogP contribution in [-0.4, -0.2) is 27.8 Å². The molecule has 0 fully saturated rings. The summed E-state index contributed by atoms with van der Waals surface area (Å²) in [4.78, 5) is 18.1. The van der Waals surface area contributed by atoms with Crippen LogP contribution in [-0.2, 0) is 11.4 Å². The van der Waals surface area contributed by atoms with Crippen molar-refractivity contribution in [1.82, 2.24) is 14.8 Å². The molecule has 0 unspecified atom stereocenters. The molecular formula is C28H26ClN5O3. The average molecular weight is 516 g/mol. The lowest BCUT2D eigenvalue weighted by Crippen LogP contribution is -2.32. The van der Waals surface area contributed by atoms with Gasteiger partial charge in [-0.3, -0.25) is 4.79 Å². The Morgan fingerprint density at radius 3 is 2.62 bits per heavy atom. The van der Waals surface area contributed by atoms with Gasteiger partial charge in [0.2, 0.25) is 5.95 Å². The molecule has 1 aliphatic rings. The molecule has 0 bridgehead atoms. The second kappa shape index (κ2) is 10.4. The third-order valence-electron chi connectivity index (χ3n) is 6.25. The summed E-state index contributed by atoms with van der Waals surface area (Å²) in [7, 11) is 1.59. The number of allylic oxidation sites excluding steroid dienone is 1. The molecule has 1 aromatic heterocycles. The zero-order valence-corrected chi connectivity index (χ0v) is 21.4. The molecule has 3 aromatic carbocycles. The second-order valence-corrected chi connectivity index (χ2v) is 9.09. The second-order valence-electron chi connectivity index (χ2n) is 8.66. The number of hydrogen-bond donors (Lipinski definition) is 2. The van der Waals surface area contributed by atoms with Gasteiger partial charge in [-0.1, -0.05) is 54.1 Å². The Morgan fingerprint density at radius 2 is 1.86 bits per heavy atom. The van der Waals surface area contributed by atoms with Crippen molar-refractivity contribution >= 4 is 29.1 Å². The van der Waals surface area contributed by atoms with Crippen molar-refractivity contribution in [2.24, 2.45) is 0 Å². The van der Waals surface area contributed by atoms with Gasteiger partial charge in [-0.2, -0.15) is 10.1 Å². The Balaban J connectivity index is 1.58. The van der Waals surface area contributed by atoms with Gasteiger partial charge in [0.15, 0.2) is 11.5 Å². The monoisotopic (exact) mass is 515 g/mol. The molecule has 2 heterocycles. The molecule has 37 heavy (non-hydrogen) atoms. The minimum Gasteiger partial charge on any atom is -0.493 e. The number of halogens is 1. The molecule has 5 rings (SSSR count). The summed E-state index contributed by atoms with van der Waals surface area (Å²) in [5.41, 5.74) is 4.52. The molecule has 1 atom stereocenters. The first-order valence-electron chi connectivity index (χ1n) is 11.7. The highest BCUT2D eigenvalue weighted by atomic mass is 35.5. The minimum atomic E-state index is -0.613. The number of benzene rings is 3. The number of nitrogens with zero attached hydrogens (tertiary/aromatic N) is 3. The van der Waals surface area contributed by atoms with E-state index in [2.05, 4.69) is 20.7 Å². The largest absolute Gasteiger partial charge is 0.493 e. The maximum Gasteiger partial charge on any atom is 0.255 e. The van der Waals surface area contributed by atoms with Crippen LogP contribution in [0.3, 0.4) is 0 Å². The molecule has 188 valence electrons. The van der Waals surface area contributed by atoms with E-state index in [0.29, 0.717) is 33.7 Å². The van der Waals surface area contributed by atoms with E-state index >= 15 is 0 Å². The first kappa shape index (κ1) is 24.4. The van der Waals surface area contributed by atoms with Crippen molar-refractivity contribution in [3.8, 4) is 11.5 Å². The molecule has 4 aromatic rings. The number of amides is 1. The van der Waals surface area contributed by atoms with Crippen molar-refractivity contribution in [1.29, 1.82) is 0 Å². The average Bonchev–Trinajstić information content (AvgIpc) is 3.36. The molecule has 0 radical (unpaired) electrons. The fourth-order valence-corrected chi connectivity index (χ4v) is 4.50. The van der Waals surface area contributed by atoms with Crippen LogP contribution in [0.4, 0.5) is 11.6 Å². The van der Waals surface area contributed by atoms with Crippen LogP contribution in [0.2, 0.25) is 5.02 Å². The molecule has 8 nitrogen and oxygen atoms in total. The van der Waals surface area contributed by atoms with Gasteiger partial charge in [-0.25, -0.2) is 4.68 Å². The van der Waals surface area contributed by atoms with E-state index in [1.807, 2.05) is 80.6 Å². The van der Waals surface area contributed by atoms with Crippen LogP contribution < -0.4 is 20.1 Å². The highest BCUT2D eigenvalue weighted by Gasteiger charge is 2.36. The zero-order chi connectivity index (χ0) is 25.9. The molecule has 9 heteroatoms. The predicted octanol–water partition coefficient (Wildman–Crippen LogP) is 5.76. The lowest BCUT2D eigenvalue weighted by atomic mass is 9.93. The lowest BCUT2D eigenvalue weighted by molar-refractivity contribution is -0.113. The van der Waals surface area contributed by atoms with E-state index in [1.165, 1.54) is 6.33 Å². The summed E-state index contributed by atoms with van der Waals surface area (Å²) in [6.07, 6.45) is 1.46. The maximum absolute atomic E-state index is 13.8. The number of aromatic nitrogens is 3. The summed E-state index contributed by atoms with van der Waals surface area (Å²) >= 11 is 6.04. The number of para-hydroxylation sites is 2. The van der Waals surface area contributed by atoms with Gasteiger partial charge in [0.05, 0.1) is 12.7 Å². The maximum atomic E-state index is 13.8. The van der Waals surface area contributed by atoms with Gasteiger partial charge in [0.1, 0.15) is 19.0 Å². The molecule has 0 saturated heterocycles. The smallest absolute Gasteiger partial charge is 0.255 e. The molecule has 2 N–H and O–H groups in total. The number of nitrogens with one attached hydrogen (secondary N) is 2. The highest BCUT2D eigenvalue weighted by molar-refractivity contribution is 6.30. The summed E-state index contributed by atoms with van der Waals surface area (Å²) in [5, 5.41) is 11.4. The van der Waals surface area contributed by atoms with Gasteiger partial charge >= 0.3 is 0 Å². The Morgan fingerprint density at radius 1 is 1.08 bits per heavy atom. The first-order chi connectivity index (χ1) is 18.0. The number of carbonyl (C=O) groups is 1. The number of rotatable bonds is 7. The third-order valence-corrected chi connectivity index (χ3v) is 6.50. The lowest BCUT2D eigenvalue weighted by Gasteiger charge is -2.30. The third kappa shape index (κ3) is 4.88. The van der Waals surface area contributed by atoms with Crippen LogP contribution in [0.5, 0.6) is 11.5 Å². The van der Waals surface area contributed by atoms with Gasteiger partial charge in [0, 0.05) is 22.0 Å². The number of hydrogen-bond acceptors (Lipinski definition) is 6. The summed E-state index contributed by atoms with van der Waals surface area (Å²) in [6, 6.07) is 20.1. The standard InChI is InChI=1S/C28H26ClN5O3/c1-17-7-4-5-9-22(17)33-27(35)24-18(2)32-28-30-16-31-34(28)25(24)21-8-6-10-23(36-3)26(21)37-15-19-11-13-20(29)14-12-19/h4-14,16,25H,15H2,1-3H3,(H,33,35)(H,30,31,32)/t25-/m1/s1. The molecule has 1 aliphatic heterocycles. The molecule has 1 amide bonds. The fraction of sp³-hybridized carbons (Fsp3) is 0.179. The molecule has 0 saturated carbocycles. The van der Waals surface area contributed by atoms with Gasteiger partial charge in [-0.15, -0.1) is 0 Å². The first-order valence-corrected chi connectivity index (χ1v) is 12.1. The van der Waals surface area contributed by atoms with Crippen LogP contribution in [0, 0.1) is 6.92 Å². The van der Waals surface area contributed by atoms with Gasteiger partial charge in [-0.05, 0) is 49.2 Å². The zero-order valence-electron chi connectivity index (χ0n) is 20.7. The normalized spacial score (nSPS) is 14.5.